The second-order valence-corrected chi connectivity index (χ2v) is 7.55. The Morgan fingerprint density at radius 1 is 1.18 bits per heavy atom. The van der Waals surface area contributed by atoms with Crippen molar-refractivity contribution in [1.29, 1.82) is 0 Å². The highest BCUT2D eigenvalue weighted by Gasteiger charge is 2.18. The topological polar surface area (TPSA) is 51.0 Å². The van der Waals surface area contributed by atoms with Crippen molar-refractivity contribution >= 4 is 28.7 Å². The Bertz CT molecular complexity index is 937. The van der Waals surface area contributed by atoms with Crippen LogP contribution >= 0.6 is 11.8 Å². The molecule has 0 fully saturated rings. The number of thioether (sulfide) groups is 1. The molecule has 1 aromatic carbocycles. The number of amides is 1. The molecule has 0 N–H and O–H groups in total. The third kappa shape index (κ3) is 4.70. The lowest BCUT2D eigenvalue weighted by atomic mass is 10.2. The number of hydrogen-bond acceptors (Lipinski definition) is 4. The maximum Gasteiger partial charge on any atom is 0.242 e. The number of pyridine rings is 1. The molecule has 0 aliphatic heterocycles. The first-order valence-electron chi connectivity index (χ1n) is 9.58. The summed E-state index contributed by atoms with van der Waals surface area (Å²) in [7, 11) is 0. The number of benzene rings is 1. The monoisotopic (exact) mass is 400 g/mol. The summed E-state index contributed by atoms with van der Waals surface area (Å²) in [5, 5.41) is 0.701. The van der Waals surface area contributed by atoms with E-state index in [1.807, 2.05) is 21.6 Å². The van der Waals surface area contributed by atoms with Gasteiger partial charge in [-0.1, -0.05) is 43.8 Å². The highest BCUT2D eigenvalue weighted by Crippen LogP contribution is 2.27. The van der Waals surface area contributed by atoms with Gasteiger partial charge in [0.05, 0.1) is 17.2 Å². The third-order valence-electron chi connectivity index (χ3n) is 4.46. The second-order valence-electron chi connectivity index (χ2n) is 6.61. The predicted molar refractivity (Wildman–Crippen MR) is 111 cm³/mol. The van der Waals surface area contributed by atoms with E-state index >= 15 is 0 Å². The molecule has 2 heterocycles. The largest absolute Gasteiger partial charge is 0.341 e. The standard InChI is InChI=1S/C21H25FN4OS/c1-3-11-25(12-4-2)20(27)14-26-19-13-23-10-9-18(19)24-21(26)28-15-16-7-5-6-8-17(16)22/h5-10,13H,3-4,11-12,14-15H2,1-2H3. The van der Waals surface area contributed by atoms with E-state index in [4.69, 9.17) is 0 Å². The highest BCUT2D eigenvalue weighted by atomic mass is 32.2. The van der Waals surface area contributed by atoms with Crippen molar-refractivity contribution in [3.05, 3.63) is 54.1 Å². The first-order valence-corrected chi connectivity index (χ1v) is 10.6. The molecule has 0 saturated carbocycles. The van der Waals surface area contributed by atoms with Crippen molar-refractivity contribution in [1.82, 2.24) is 19.4 Å². The van der Waals surface area contributed by atoms with Crippen LogP contribution in [0.5, 0.6) is 0 Å². The number of imidazole rings is 1. The Balaban J connectivity index is 1.86. The van der Waals surface area contributed by atoms with Crippen molar-refractivity contribution in [2.75, 3.05) is 13.1 Å². The molecule has 0 saturated heterocycles. The zero-order valence-corrected chi connectivity index (χ0v) is 17.1. The summed E-state index contributed by atoms with van der Waals surface area (Å²) in [5.41, 5.74) is 2.23. The van der Waals surface area contributed by atoms with E-state index in [1.54, 1.807) is 24.5 Å². The number of hydrogen-bond donors (Lipinski definition) is 0. The van der Waals surface area contributed by atoms with Gasteiger partial charge in [0.2, 0.25) is 5.91 Å². The fourth-order valence-corrected chi connectivity index (χ4v) is 4.11. The zero-order chi connectivity index (χ0) is 19.9. The van der Waals surface area contributed by atoms with Crippen molar-refractivity contribution in [2.45, 2.75) is 44.1 Å². The summed E-state index contributed by atoms with van der Waals surface area (Å²) in [6.45, 7) is 5.84. The molecule has 0 aliphatic rings. The third-order valence-corrected chi connectivity index (χ3v) is 5.49. The summed E-state index contributed by atoms with van der Waals surface area (Å²) in [6, 6.07) is 8.56. The molecule has 148 valence electrons. The minimum atomic E-state index is -0.229. The van der Waals surface area contributed by atoms with Crippen LogP contribution in [0.3, 0.4) is 0 Å². The maximum atomic E-state index is 14.0. The van der Waals surface area contributed by atoms with E-state index in [9.17, 15) is 9.18 Å². The van der Waals surface area contributed by atoms with Gasteiger partial charge < -0.3 is 9.47 Å². The fraction of sp³-hybridized carbons (Fsp3) is 0.381. The zero-order valence-electron chi connectivity index (χ0n) is 16.3. The van der Waals surface area contributed by atoms with Gasteiger partial charge >= 0.3 is 0 Å². The van der Waals surface area contributed by atoms with Crippen molar-refractivity contribution in [3.63, 3.8) is 0 Å². The van der Waals surface area contributed by atoms with Gasteiger partial charge in [0.15, 0.2) is 5.16 Å². The molecular weight excluding hydrogens is 375 g/mol. The molecule has 0 radical (unpaired) electrons. The highest BCUT2D eigenvalue weighted by molar-refractivity contribution is 7.98. The van der Waals surface area contributed by atoms with E-state index in [0.29, 0.717) is 16.5 Å². The molecule has 0 unspecified atom stereocenters. The van der Waals surface area contributed by atoms with Crippen LogP contribution in [0.2, 0.25) is 0 Å². The van der Waals surface area contributed by atoms with Gasteiger partial charge in [-0.15, -0.1) is 0 Å². The average molecular weight is 401 g/mol. The van der Waals surface area contributed by atoms with Crippen LogP contribution < -0.4 is 0 Å². The summed E-state index contributed by atoms with van der Waals surface area (Å²) in [6.07, 6.45) is 5.26. The lowest BCUT2D eigenvalue weighted by Gasteiger charge is -2.22. The summed E-state index contributed by atoms with van der Waals surface area (Å²) >= 11 is 1.43. The number of carbonyl (C=O) groups is 1. The minimum Gasteiger partial charge on any atom is -0.341 e. The normalized spacial score (nSPS) is 11.1. The molecule has 3 aromatic rings. The molecule has 0 bridgehead atoms. The average Bonchev–Trinajstić information content (AvgIpc) is 3.04. The van der Waals surface area contributed by atoms with E-state index in [1.165, 1.54) is 17.8 Å². The first kappa shape index (κ1) is 20.3. The van der Waals surface area contributed by atoms with E-state index in [0.717, 1.165) is 37.0 Å². The number of rotatable bonds is 9. The van der Waals surface area contributed by atoms with Gasteiger partial charge in [-0.25, -0.2) is 9.37 Å². The number of halogens is 1. The van der Waals surface area contributed by atoms with Gasteiger partial charge in [-0.05, 0) is 30.5 Å². The van der Waals surface area contributed by atoms with Gasteiger partial charge in [-0.3, -0.25) is 9.78 Å². The van der Waals surface area contributed by atoms with Crippen LogP contribution in [0.4, 0.5) is 4.39 Å². The Labute approximate surface area is 169 Å². The first-order chi connectivity index (χ1) is 13.6. The van der Waals surface area contributed by atoms with Gasteiger partial charge in [0, 0.05) is 25.0 Å². The van der Waals surface area contributed by atoms with E-state index in [-0.39, 0.29) is 18.3 Å². The second kappa shape index (κ2) is 9.68. The van der Waals surface area contributed by atoms with Crippen molar-refractivity contribution in [3.8, 4) is 0 Å². The Kier molecular flexibility index (Phi) is 7.03. The molecule has 1 amide bonds. The fourth-order valence-electron chi connectivity index (χ4n) is 3.10. The van der Waals surface area contributed by atoms with Crippen LogP contribution in [-0.4, -0.2) is 38.4 Å². The summed E-state index contributed by atoms with van der Waals surface area (Å²) < 4.78 is 15.9. The molecule has 3 rings (SSSR count). The smallest absolute Gasteiger partial charge is 0.242 e. The lowest BCUT2D eigenvalue weighted by Crippen LogP contribution is -2.35. The molecular formula is C21H25FN4OS. The van der Waals surface area contributed by atoms with Crippen LogP contribution in [0.1, 0.15) is 32.3 Å². The quantitative estimate of drug-likeness (QED) is 0.496. The summed E-state index contributed by atoms with van der Waals surface area (Å²) in [4.78, 5) is 23.6. The molecule has 0 spiro atoms. The van der Waals surface area contributed by atoms with Gasteiger partial charge in [-0.2, -0.15) is 0 Å². The predicted octanol–water partition coefficient (Wildman–Crippen LogP) is 4.51. The number of nitrogens with zero attached hydrogens (tertiary/aromatic N) is 4. The van der Waals surface area contributed by atoms with E-state index in [2.05, 4.69) is 23.8 Å². The Hall–Kier alpha value is -2.41. The maximum absolute atomic E-state index is 14.0. The van der Waals surface area contributed by atoms with E-state index < -0.39 is 0 Å². The van der Waals surface area contributed by atoms with Gasteiger partial charge in [0.25, 0.3) is 0 Å². The van der Waals surface area contributed by atoms with Crippen molar-refractivity contribution in [2.24, 2.45) is 0 Å². The lowest BCUT2D eigenvalue weighted by molar-refractivity contribution is -0.132. The molecule has 0 aliphatic carbocycles. The number of aromatic nitrogens is 3. The minimum absolute atomic E-state index is 0.0691. The van der Waals surface area contributed by atoms with Crippen LogP contribution in [-0.2, 0) is 17.1 Å². The summed E-state index contributed by atoms with van der Waals surface area (Å²) in [5.74, 6) is 0.290. The number of fused-ring (bicyclic) bond motifs is 1. The van der Waals surface area contributed by atoms with Crippen LogP contribution in [0.25, 0.3) is 11.0 Å². The molecule has 2 aromatic heterocycles. The number of carbonyl (C=O) groups excluding carboxylic acids is 1. The SMILES string of the molecule is CCCN(CCC)C(=O)Cn1c(SCc2ccccc2F)nc2ccncc21. The Morgan fingerprint density at radius 3 is 2.64 bits per heavy atom. The molecule has 0 atom stereocenters. The van der Waals surface area contributed by atoms with Crippen molar-refractivity contribution < 1.29 is 9.18 Å². The molecule has 5 nitrogen and oxygen atoms in total. The van der Waals surface area contributed by atoms with Gasteiger partial charge in [0.1, 0.15) is 12.4 Å². The van der Waals surface area contributed by atoms with Crippen LogP contribution in [0.15, 0.2) is 47.9 Å². The van der Waals surface area contributed by atoms with Crippen LogP contribution in [0, 0.1) is 5.82 Å². The molecule has 7 heteroatoms. The Morgan fingerprint density at radius 2 is 1.93 bits per heavy atom. The molecule has 28 heavy (non-hydrogen) atoms.